The molecule has 1 N–H and O–H groups in total. The van der Waals surface area contributed by atoms with Crippen LogP contribution in [0, 0.1) is 12.8 Å². The third-order valence-electron chi connectivity index (χ3n) is 4.09. The lowest BCUT2D eigenvalue weighted by atomic mass is 10.1. The van der Waals surface area contributed by atoms with Crippen LogP contribution in [0.2, 0.25) is 0 Å². The zero-order chi connectivity index (χ0) is 17.1. The number of nitrogens with one attached hydrogen (secondary N) is 1. The third kappa shape index (κ3) is 3.48. The molecule has 2 aromatic heterocycles. The van der Waals surface area contributed by atoms with Gasteiger partial charge in [-0.05, 0) is 43.9 Å². The molecular formula is C18H21N3O3. The van der Waals surface area contributed by atoms with E-state index in [0.29, 0.717) is 17.4 Å². The highest BCUT2D eigenvalue weighted by molar-refractivity contribution is 5.96. The number of hydrogen-bond donors (Lipinski definition) is 1. The minimum Gasteiger partial charge on any atom is -0.481 e. The first-order chi connectivity index (χ1) is 11.6. The maximum atomic E-state index is 12.7. The molecule has 1 fully saturated rings. The van der Waals surface area contributed by atoms with E-state index in [1.54, 1.807) is 12.1 Å². The topological polar surface area (TPSA) is 73.3 Å². The molecule has 24 heavy (non-hydrogen) atoms. The summed E-state index contributed by atoms with van der Waals surface area (Å²) < 4.78 is 10.3. The summed E-state index contributed by atoms with van der Waals surface area (Å²) in [5.41, 5.74) is 2.22. The molecule has 6 heteroatoms. The molecule has 0 aliphatic heterocycles. The van der Waals surface area contributed by atoms with Gasteiger partial charge in [-0.25, -0.2) is 0 Å². The van der Waals surface area contributed by atoms with E-state index in [4.69, 9.17) is 9.47 Å². The van der Waals surface area contributed by atoms with Crippen LogP contribution in [0.15, 0.2) is 30.3 Å². The molecule has 0 aromatic carbocycles. The van der Waals surface area contributed by atoms with Crippen LogP contribution < -0.4 is 14.8 Å². The lowest BCUT2D eigenvalue weighted by Crippen LogP contribution is -2.31. The van der Waals surface area contributed by atoms with Gasteiger partial charge in [0.05, 0.1) is 26.0 Å². The molecule has 0 spiro atoms. The summed E-state index contributed by atoms with van der Waals surface area (Å²) in [6.45, 7) is 1.95. The van der Waals surface area contributed by atoms with Gasteiger partial charge in [-0.3, -0.25) is 9.78 Å². The lowest BCUT2D eigenvalue weighted by molar-refractivity contribution is 0.0926. The van der Waals surface area contributed by atoms with Gasteiger partial charge >= 0.3 is 0 Å². The van der Waals surface area contributed by atoms with Gasteiger partial charge in [0.2, 0.25) is 11.8 Å². The number of rotatable bonds is 6. The van der Waals surface area contributed by atoms with Crippen molar-refractivity contribution in [2.45, 2.75) is 25.8 Å². The molecular weight excluding hydrogens is 306 g/mol. The number of hydrogen-bond acceptors (Lipinski definition) is 5. The van der Waals surface area contributed by atoms with Gasteiger partial charge < -0.3 is 14.8 Å². The van der Waals surface area contributed by atoms with Crippen LogP contribution in [0.25, 0.3) is 0 Å². The Labute approximate surface area is 141 Å². The molecule has 126 valence electrons. The second-order valence-corrected chi connectivity index (χ2v) is 5.90. The standard InChI is InChI=1S/C18H21N3O3/c1-11-5-4-6-14(19-11)16(12-7-8-12)21-17(22)13-9-10-15(23-2)20-18(13)24-3/h4-6,9-10,12,16H,7-8H2,1-3H3,(H,21,22)/t16-/m1/s1. The third-order valence-corrected chi connectivity index (χ3v) is 4.09. The number of carbonyl (C=O) groups excluding carboxylic acids is 1. The summed E-state index contributed by atoms with van der Waals surface area (Å²) in [5.74, 6) is 0.865. The average molecular weight is 327 g/mol. The van der Waals surface area contributed by atoms with E-state index in [1.165, 1.54) is 14.2 Å². The summed E-state index contributed by atoms with van der Waals surface area (Å²) in [6, 6.07) is 9.09. The van der Waals surface area contributed by atoms with Gasteiger partial charge in [-0.15, -0.1) is 0 Å². The number of nitrogens with zero attached hydrogens (tertiary/aromatic N) is 2. The van der Waals surface area contributed by atoms with Crippen molar-refractivity contribution >= 4 is 5.91 Å². The highest BCUT2D eigenvalue weighted by Gasteiger charge is 2.35. The van der Waals surface area contributed by atoms with Crippen molar-refractivity contribution in [1.82, 2.24) is 15.3 Å². The molecule has 6 nitrogen and oxygen atoms in total. The van der Waals surface area contributed by atoms with Gasteiger partial charge in [0.15, 0.2) is 0 Å². The first-order valence-corrected chi connectivity index (χ1v) is 7.96. The summed E-state index contributed by atoms with van der Waals surface area (Å²) in [6.07, 6.45) is 2.19. The van der Waals surface area contributed by atoms with Crippen LogP contribution in [-0.4, -0.2) is 30.1 Å². The van der Waals surface area contributed by atoms with Gasteiger partial charge in [-0.2, -0.15) is 4.98 Å². The van der Waals surface area contributed by atoms with E-state index in [9.17, 15) is 4.79 Å². The number of pyridine rings is 2. The zero-order valence-electron chi connectivity index (χ0n) is 14.1. The van der Waals surface area contributed by atoms with Crippen molar-refractivity contribution in [2.75, 3.05) is 14.2 Å². The van der Waals surface area contributed by atoms with Crippen LogP contribution in [0.4, 0.5) is 0 Å². The van der Waals surface area contributed by atoms with E-state index in [0.717, 1.165) is 24.2 Å². The van der Waals surface area contributed by atoms with Crippen LogP contribution in [0.5, 0.6) is 11.8 Å². The SMILES string of the molecule is COc1ccc(C(=O)N[C@@H](c2cccc(C)n2)C2CC2)c(OC)n1. The molecule has 1 aliphatic rings. The van der Waals surface area contributed by atoms with Gasteiger partial charge in [0, 0.05) is 11.8 Å². The maximum Gasteiger partial charge on any atom is 0.257 e. The van der Waals surface area contributed by atoms with Crippen molar-refractivity contribution in [2.24, 2.45) is 5.92 Å². The zero-order valence-corrected chi connectivity index (χ0v) is 14.1. The minimum absolute atomic E-state index is 0.0933. The Kier molecular flexibility index (Phi) is 4.64. The van der Waals surface area contributed by atoms with Gasteiger partial charge in [0.1, 0.15) is 5.56 Å². The van der Waals surface area contributed by atoms with E-state index in [1.807, 2.05) is 25.1 Å². The fourth-order valence-electron chi connectivity index (χ4n) is 2.68. The Morgan fingerprint density at radius 2 is 1.96 bits per heavy atom. The first-order valence-electron chi connectivity index (χ1n) is 7.96. The smallest absolute Gasteiger partial charge is 0.257 e. The normalized spacial score (nSPS) is 14.8. The Hall–Kier alpha value is -2.63. The molecule has 0 unspecified atom stereocenters. The van der Waals surface area contributed by atoms with Gasteiger partial charge in [-0.1, -0.05) is 6.07 Å². The lowest BCUT2D eigenvalue weighted by Gasteiger charge is -2.19. The van der Waals surface area contributed by atoms with Crippen LogP contribution in [-0.2, 0) is 0 Å². The summed E-state index contributed by atoms with van der Waals surface area (Å²) in [5, 5.41) is 3.09. The number of carbonyl (C=O) groups is 1. The highest BCUT2D eigenvalue weighted by Crippen LogP contribution is 2.40. The van der Waals surface area contributed by atoms with Crippen molar-refractivity contribution in [3.8, 4) is 11.8 Å². The number of methoxy groups -OCH3 is 2. The van der Waals surface area contributed by atoms with E-state index in [-0.39, 0.29) is 17.8 Å². The predicted octanol–water partition coefficient (Wildman–Crippen LogP) is 2.68. The first kappa shape index (κ1) is 16.2. The number of aromatic nitrogens is 2. The van der Waals surface area contributed by atoms with Gasteiger partial charge in [0.25, 0.3) is 5.91 Å². The van der Waals surface area contributed by atoms with E-state index >= 15 is 0 Å². The van der Waals surface area contributed by atoms with Crippen molar-refractivity contribution in [3.05, 3.63) is 47.3 Å². The summed E-state index contributed by atoms with van der Waals surface area (Å²) in [7, 11) is 3.01. The molecule has 1 atom stereocenters. The molecule has 1 saturated carbocycles. The minimum atomic E-state index is -0.220. The van der Waals surface area contributed by atoms with E-state index in [2.05, 4.69) is 15.3 Å². The Balaban J connectivity index is 1.84. The summed E-state index contributed by atoms with van der Waals surface area (Å²) >= 11 is 0. The van der Waals surface area contributed by atoms with Crippen LogP contribution in [0.3, 0.4) is 0 Å². The quantitative estimate of drug-likeness (QED) is 0.883. The number of ether oxygens (including phenoxy) is 2. The predicted molar refractivity (Wildman–Crippen MR) is 89.2 cm³/mol. The Morgan fingerprint density at radius 3 is 2.58 bits per heavy atom. The molecule has 0 saturated heterocycles. The van der Waals surface area contributed by atoms with Crippen molar-refractivity contribution in [1.29, 1.82) is 0 Å². The summed E-state index contributed by atoms with van der Waals surface area (Å²) in [4.78, 5) is 21.5. The monoisotopic (exact) mass is 327 g/mol. The number of amides is 1. The second-order valence-electron chi connectivity index (χ2n) is 5.90. The molecule has 0 radical (unpaired) electrons. The molecule has 2 aromatic rings. The number of aryl methyl sites for hydroxylation is 1. The highest BCUT2D eigenvalue weighted by atomic mass is 16.5. The molecule has 3 rings (SSSR count). The molecule has 1 amide bonds. The maximum absolute atomic E-state index is 12.7. The van der Waals surface area contributed by atoms with E-state index < -0.39 is 0 Å². The molecule has 2 heterocycles. The molecule has 1 aliphatic carbocycles. The second kappa shape index (κ2) is 6.86. The Morgan fingerprint density at radius 1 is 1.17 bits per heavy atom. The largest absolute Gasteiger partial charge is 0.481 e. The van der Waals surface area contributed by atoms with Crippen molar-refractivity contribution < 1.29 is 14.3 Å². The molecule has 0 bridgehead atoms. The average Bonchev–Trinajstić information content (AvgIpc) is 3.43. The fraction of sp³-hybridized carbons (Fsp3) is 0.389. The van der Waals surface area contributed by atoms with Crippen molar-refractivity contribution in [3.63, 3.8) is 0 Å². The Bertz CT molecular complexity index is 744. The van der Waals surface area contributed by atoms with Crippen LogP contribution in [0.1, 0.15) is 40.6 Å². The fourth-order valence-corrected chi connectivity index (χ4v) is 2.68. The van der Waals surface area contributed by atoms with Crippen LogP contribution >= 0.6 is 0 Å².